The van der Waals surface area contributed by atoms with Crippen LogP contribution in [0.3, 0.4) is 0 Å². The van der Waals surface area contributed by atoms with Crippen molar-refractivity contribution in [1.82, 2.24) is 15.0 Å². The van der Waals surface area contributed by atoms with Crippen LogP contribution in [0.25, 0.3) is 21.8 Å². The minimum atomic E-state index is 0.345. The molecule has 0 saturated carbocycles. The van der Waals surface area contributed by atoms with Gasteiger partial charge in [-0.3, -0.25) is 4.98 Å². The molecule has 3 aromatic rings. The third kappa shape index (κ3) is 2.54. The van der Waals surface area contributed by atoms with E-state index >= 15 is 0 Å². The molecule has 0 saturated heterocycles. The zero-order valence-corrected chi connectivity index (χ0v) is 12.8. The SMILES string of the molecule is Cc1ccc(-c2c(Cl)nc(-c3cncs3)nc2Cl)cc1. The number of aromatic nitrogens is 3. The molecule has 100 valence electrons. The first kappa shape index (κ1) is 13.5. The van der Waals surface area contributed by atoms with Gasteiger partial charge in [-0.05, 0) is 12.5 Å². The number of thiazole rings is 1. The van der Waals surface area contributed by atoms with Gasteiger partial charge in [-0.2, -0.15) is 0 Å². The molecule has 0 spiro atoms. The van der Waals surface area contributed by atoms with E-state index in [1.54, 1.807) is 11.7 Å². The van der Waals surface area contributed by atoms with E-state index in [2.05, 4.69) is 15.0 Å². The molecular weight excluding hydrogens is 313 g/mol. The first-order chi connectivity index (χ1) is 9.65. The summed E-state index contributed by atoms with van der Waals surface area (Å²) in [6, 6.07) is 7.91. The summed E-state index contributed by atoms with van der Waals surface area (Å²) >= 11 is 14.0. The average molecular weight is 322 g/mol. The van der Waals surface area contributed by atoms with Crippen molar-refractivity contribution in [3.8, 4) is 21.8 Å². The number of halogens is 2. The Morgan fingerprint density at radius 3 is 2.20 bits per heavy atom. The van der Waals surface area contributed by atoms with E-state index in [1.807, 2.05) is 31.2 Å². The van der Waals surface area contributed by atoms with Crippen LogP contribution in [0.5, 0.6) is 0 Å². The number of hydrogen-bond donors (Lipinski definition) is 0. The molecule has 2 heterocycles. The summed E-state index contributed by atoms with van der Waals surface area (Å²) in [4.78, 5) is 13.5. The Kier molecular flexibility index (Phi) is 3.70. The van der Waals surface area contributed by atoms with Gasteiger partial charge in [0, 0.05) is 6.20 Å². The Morgan fingerprint density at radius 1 is 1.00 bits per heavy atom. The van der Waals surface area contributed by atoms with E-state index in [0.717, 1.165) is 10.4 Å². The van der Waals surface area contributed by atoms with Gasteiger partial charge in [-0.1, -0.05) is 53.0 Å². The number of benzene rings is 1. The summed E-state index contributed by atoms with van der Waals surface area (Å²) in [5, 5.41) is 0.689. The second-order valence-corrected chi connectivity index (χ2v) is 5.84. The maximum absolute atomic E-state index is 6.27. The first-order valence-corrected chi connectivity index (χ1v) is 7.47. The van der Waals surface area contributed by atoms with Crippen molar-refractivity contribution in [1.29, 1.82) is 0 Å². The third-order valence-corrected chi connectivity index (χ3v) is 4.13. The van der Waals surface area contributed by atoms with Gasteiger partial charge in [0.2, 0.25) is 0 Å². The van der Waals surface area contributed by atoms with E-state index in [-0.39, 0.29) is 0 Å². The molecule has 3 rings (SSSR count). The summed E-state index contributed by atoms with van der Waals surface area (Å²) in [5.74, 6) is 0.498. The quantitative estimate of drug-likeness (QED) is 0.631. The predicted molar refractivity (Wildman–Crippen MR) is 83.3 cm³/mol. The molecule has 0 aliphatic heterocycles. The number of hydrogen-bond acceptors (Lipinski definition) is 4. The lowest BCUT2D eigenvalue weighted by atomic mass is 10.1. The Bertz CT molecular complexity index is 717. The summed E-state index contributed by atoms with van der Waals surface area (Å²) in [6.07, 6.45) is 1.69. The summed E-state index contributed by atoms with van der Waals surface area (Å²) in [5.41, 5.74) is 4.44. The van der Waals surface area contributed by atoms with Crippen LogP contribution in [-0.4, -0.2) is 15.0 Å². The van der Waals surface area contributed by atoms with E-state index in [0.29, 0.717) is 21.7 Å². The standard InChI is InChI=1S/C14H9Cl2N3S/c1-8-2-4-9(5-3-8)11-12(15)18-14(19-13(11)16)10-6-17-7-20-10/h2-7H,1H3. The lowest BCUT2D eigenvalue weighted by Crippen LogP contribution is -1.93. The van der Waals surface area contributed by atoms with Crippen LogP contribution >= 0.6 is 34.5 Å². The monoisotopic (exact) mass is 321 g/mol. The number of rotatable bonds is 2. The first-order valence-electron chi connectivity index (χ1n) is 5.84. The molecule has 2 aromatic heterocycles. The normalized spacial score (nSPS) is 10.8. The summed E-state index contributed by atoms with van der Waals surface area (Å²) < 4.78 is 0. The van der Waals surface area contributed by atoms with Gasteiger partial charge >= 0.3 is 0 Å². The number of nitrogens with zero attached hydrogens (tertiary/aromatic N) is 3. The van der Waals surface area contributed by atoms with Crippen molar-refractivity contribution in [2.75, 3.05) is 0 Å². The summed E-state index contributed by atoms with van der Waals surface area (Å²) in [6.45, 7) is 2.02. The van der Waals surface area contributed by atoms with Gasteiger partial charge < -0.3 is 0 Å². The molecule has 0 N–H and O–H groups in total. The third-order valence-electron chi connectivity index (χ3n) is 2.81. The van der Waals surface area contributed by atoms with Gasteiger partial charge in [0.1, 0.15) is 10.3 Å². The maximum Gasteiger partial charge on any atom is 0.174 e. The Balaban J connectivity index is 2.11. The van der Waals surface area contributed by atoms with Gasteiger partial charge in [0.25, 0.3) is 0 Å². The molecule has 0 amide bonds. The predicted octanol–water partition coefficient (Wildman–Crippen LogP) is 4.88. The average Bonchev–Trinajstić information content (AvgIpc) is 2.94. The molecule has 0 bridgehead atoms. The van der Waals surface area contributed by atoms with Gasteiger partial charge in [0.05, 0.1) is 16.0 Å². The van der Waals surface area contributed by atoms with E-state index in [1.165, 1.54) is 16.9 Å². The molecule has 6 heteroatoms. The van der Waals surface area contributed by atoms with Crippen LogP contribution in [0.2, 0.25) is 10.3 Å². The van der Waals surface area contributed by atoms with E-state index in [9.17, 15) is 0 Å². The molecule has 3 nitrogen and oxygen atoms in total. The fraction of sp³-hybridized carbons (Fsp3) is 0.0714. The van der Waals surface area contributed by atoms with E-state index < -0.39 is 0 Å². The second-order valence-electron chi connectivity index (χ2n) is 4.24. The van der Waals surface area contributed by atoms with Crippen molar-refractivity contribution in [3.63, 3.8) is 0 Å². The highest BCUT2D eigenvalue weighted by Gasteiger charge is 2.15. The van der Waals surface area contributed by atoms with Crippen LogP contribution in [0.15, 0.2) is 36.0 Å². The van der Waals surface area contributed by atoms with Crippen LogP contribution in [0.1, 0.15) is 5.56 Å². The smallest absolute Gasteiger partial charge is 0.174 e. The lowest BCUT2D eigenvalue weighted by molar-refractivity contribution is 1.18. The lowest BCUT2D eigenvalue weighted by Gasteiger charge is -2.08. The molecule has 20 heavy (non-hydrogen) atoms. The zero-order chi connectivity index (χ0) is 14.1. The van der Waals surface area contributed by atoms with Gasteiger partial charge in [0.15, 0.2) is 5.82 Å². The molecule has 0 aliphatic rings. The van der Waals surface area contributed by atoms with Crippen LogP contribution in [-0.2, 0) is 0 Å². The molecule has 1 aromatic carbocycles. The minimum Gasteiger partial charge on any atom is -0.252 e. The Morgan fingerprint density at radius 2 is 1.65 bits per heavy atom. The van der Waals surface area contributed by atoms with Gasteiger partial charge in [-0.15, -0.1) is 11.3 Å². The molecule has 0 unspecified atom stereocenters. The van der Waals surface area contributed by atoms with Gasteiger partial charge in [-0.25, -0.2) is 9.97 Å². The molecule has 0 atom stereocenters. The van der Waals surface area contributed by atoms with Crippen molar-refractivity contribution >= 4 is 34.5 Å². The van der Waals surface area contributed by atoms with Crippen LogP contribution < -0.4 is 0 Å². The highest BCUT2D eigenvalue weighted by molar-refractivity contribution is 7.13. The van der Waals surface area contributed by atoms with Crippen LogP contribution in [0.4, 0.5) is 0 Å². The topological polar surface area (TPSA) is 38.7 Å². The molecule has 0 aliphatic carbocycles. The zero-order valence-electron chi connectivity index (χ0n) is 10.5. The van der Waals surface area contributed by atoms with Crippen molar-refractivity contribution < 1.29 is 0 Å². The van der Waals surface area contributed by atoms with Crippen molar-refractivity contribution in [2.24, 2.45) is 0 Å². The van der Waals surface area contributed by atoms with E-state index in [4.69, 9.17) is 23.2 Å². The highest BCUT2D eigenvalue weighted by atomic mass is 35.5. The largest absolute Gasteiger partial charge is 0.252 e. The highest BCUT2D eigenvalue weighted by Crippen LogP contribution is 2.34. The molecular formula is C14H9Cl2N3S. The maximum atomic E-state index is 6.27. The van der Waals surface area contributed by atoms with Crippen molar-refractivity contribution in [3.05, 3.63) is 51.8 Å². The fourth-order valence-corrected chi connectivity index (χ4v) is 2.96. The minimum absolute atomic E-state index is 0.345. The second kappa shape index (κ2) is 5.48. The van der Waals surface area contributed by atoms with Crippen molar-refractivity contribution in [2.45, 2.75) is 6.92 Å². The van der Waals surface area contributed by atoms with Crippen LogP contribution in [0, 0.1) is 6.92 Å². The summed E-state index contributed by atoms with van der Waals surface area (Å²) in [7, 11) is 0. The Labute approximate surface area is 130 Å². The fourth-order valence-electron chi connectivity index (χ4n) is 1.80. The Hall–Kier alpha value is -1.49. The molecule has 0 radical (unpaired) electrons. The number of aryl methyl sites for hydroxylation is 1. The molecule has 0 fully saturated rings.